The second-order valence-corrected chi connectivity index (χ2v) is 5.13. The quantitative estimate of drug-likeness (QED) is 0.413. The Morgan fingerprint density at radius 3 is 1.32 bits per heavy atom. The van der Waals surface area contributed by atoms with Crippen molar-refractivity contribution >= 4 is 34.9 Å². The van der Waals surface area contributed by atoms with Crippen LogP contribution in [0.2, 0.25) is 0 Å². The van der Waals surface area contributed by atoms with Crippen molar-refractivity contribution in [2.45, 2.75) is 0 Å². The second kappa shape index (κ2) is 9.47. The molecule has 0 bridgehead atoms. The summed E-state index contributed by atoms with van der Waals surface area (Å²) in [4.78, 5) is 43.1. The van der Waals surface area contributed by atoms with Crippen molar-refractivity contribution in [3.05, 3.63) is 68.8 Å². The summed E-state index contributed by atoms with van der Waals surface area (Å²) in [5.41, 5.74) is 0.359. The number of nitrogens with zero attached hydrogens (tertiary/aromatic N) is 2. The third-order valence-corrected chi connectivity index (χ3v) is 3.20. The summed E-state index contributed by atoms with van der Waals surface area (Å²) in [6.45, 7) is -0.459. The molecule has 0 aliphatic rings. The highest BCUT2D eigenvalue weighted by Gasteiger charge is 2.09. The van der Waals surface area contributed by atoms with Crippen LogP contribution in [-0.2, 0) is 9.47 Å². The van der Waals surface area contributed by atoms with Gasteiger partial charge in [0.05, 0.1) is 9.85 Å². The molecule has 146 valence electrons. The lowest BCUT2D eigenvalue weighted by Gasteiger charge is -2.08. The Labute approximate surface area is 157 Å². The number of carbonyl (C=O) groups excluding carboxylic acids is 2. The minimum Gasteiger partial charge on any atom is -0.446 e. The molecule has 0 radical (unpaired) electrons. The lowest BCUT2D eigenvalue weighted by Crippen LogP contribution is -2.20. The van der Waals surface area contributed by atoms with Gasteiger partial charge in [0.2, 0.25) is 0 Å². The van der Waals surface area contributed by atoms with Gasteiger partial charge in [-0.2, -0.15) is 0 Å². The molecule has 28 heavy (non-hydrogen) atoms. The third-order valence-electron chi connectivity index (χ3n) is 3.20. The van der Waals surface area contributed by atoms with Gasteiger partial charge in [0.15, 0.2) is 0 Å². The van der Waals surface area contributed by atoms with E-state index in [9.17, 15) is 29.8 Å². The number of amides is 2. The van der Waals surface area contributed by atoms with Gasteiger partial charge in [0.1, 0.15) is 13.2 Å². The van der Waals surface area contributed by atoms with Crippen molar-refractivity contribution in [1.82, 2.24) is 0 Å². The first-order chi connectivity index (χ1) is 13.3. The lowest BCUT2D eigenvalue weighted by atomic mass is 10.3. The Kier molecular flexibility index (Phi) is 6.80. The van der Waals surface area contributed by atoms with Gasteiger partial charge in [0, 0.05) is 35.6 Å². The maximum atomic E-state index is 11.6. The largest absolute Gasteiger partial charge is 0.446 e. The first-order valence-electron chi connectivity index (χ1n) is 7.71. The van der Waals surface area contributed by atoms with E-state index in [0.717, 1.165) is 0 Å². The number of nitro groups is 2. The topological polar surface area (TPSA) is 163 Å². The van der Waals surface area contributed by atoms with Crippen LogP contribution in [0.25, 0.3) is 0 Å². The molecule has 2 aromatic carbocycles. The van der Waals surface area contributed by atoms with Gasteiger partial charge in [-0.15, -0.1) is 0 Å². The van der Waals surface area contributed by atoms with Crippen LogP contribution in [0.15, 0.2) is 48.5 Å². The van der Waals surface area contributed by atoms with Gasteiger partial charge in [-0.3, -0.25) is 30.9 Å². The minimum atomic E-state index is -0.826. The summed E-state index contributed by atoms with van der Waals surface area (Å²) >= 11 is 0. The molecule has 0 atom stereocenters. The maximum Gasteiger partial charge on any atom is 0.411 e. The highest BCUT2D eigenvalue weighted by atomic mass is 16.6. The molecule has 0 fully saturated rings. The minimum absolute atomic E-state index is 0.119. The van der Waals surface area contributed by atoms with Crippen molar-refractivity contribution in [3.8, 4) is 0 Å². The Bertz CT molecular complexity index is 794. The zero-order chi connectivity index (χ0) is 20.5. The summed E-state index contributed by atoms with van der Waals surface area (Å²) < 4.78 is 9.60. The molecule has 0 aliphatic heterocycles. The van der Waals surface area contributed by atoms with Gasteiger partial charge >= 0.3 is 12.2 Å². The second-order valence-electron chi connectivity index (χ2n) is 5.13. The maximum absolute atomic E-state index is 11.6. The van der Waals surface area contributed by atoms with E-state index < -0.39 is 22.0 Å². The molecule has 0 spiro atoms. The van der Waals surface area contributed by atoms with Crippen LogP contribution in [0.1, 0.15) is 0 Å². The number of ether oxygens (including phenoxy) is 2. The third kappa shape index (κ3) is 6.25. The molecule has 0 heterocycles. The molecule has 12 heteroatoms. The van der Waals surface area contributed by atoms with E-state index in [4.69, 9.17) is 9.47 Å². The van der Waals surface area contributed by atoms with Crippen molar-refractivity contribution in [1.29, 1.82) is 0 Å². The van der Waals surface area contributed by atoms with Gasteiger partial charge in [0.25, 0.3) is 11.4 Å². The number of non-ortho nitro benzene ring substituents is 2. The Morgan fingerprint density at radius 2 is 1.04 bits per heavy atom. The number of rotatable bonds is 7. The summed E-state index contributed by atoms with van der Waals surface area (Å²) in [5, 5.41) is 25.8. The van der Waals surface area contributed by atoms with Gasteiger partial charge in [-0.05, 0) is 24.3 Å². The van der Waals surface area contributed by atoms with Gasteiger partial charge in [-0.1, -0.05) is 0 Å². The fourth-order valence-corrected chi connectivity index (χ4v) is 1.91. The van der Waals surface area contributed by atoms with E-state index in [1.165, 1.54) is 48.5 Å². The van der Waals surface area contributed by atoms with Crippen LogP contribution in [0, 0.1) is 20.2 Å². The van der Waals surface area contributed by atoms with E-state index in [-0.39, 0.29) is 24.6 Å². The smallest absolute Gasteiger partial charge is 0.411 e. The molecule has 0 saturated heterocycles. The highest BCUT2D eigenvalue weighted by molar-refractivity contribution is 5.85. The molecule has 2 amide bonds. The number of hydrogen-bond acceptors (Lipinski definition) is 8. The molecular weight excluding hydrogens is 376 g/mol. The van der Waals surface area contributed by atoms with Crippen LogP contribution in [0.5, 0.6) is 0 Å². The normalized spacial score (nSPS) is 9.86. The summed E-state index contributed by atoms with van der Waals surface area (Å²) in [5.74, 6) is 0. The summed E-state index contributed by atoms with van der Waals surface area (Å²) in [6, 6.07) is 10.3. The summed E-state index contributed by atoms with van der Waals surface area (Å²) in [6.07, 6.45) is -1.65. The van der Waals surface area contributed by atoms with Crippen LogP contribution in [0.3, 0.4) is 0 Å². The Balaban J connectivity index is 1.67. The number of nitrogens with one attached hydrogen (secondary N) is 2. The van der Waals surface area contributed by atoms with Crippen molar-refractivity contribution in [2.75, 3.05) is 23.8 Å². The average Bonchev–Trinajstić information content (AvgIpc) is 2.66. The van der Waals surface area contributed by atoms with Crippen molar-refractivity contribution in [2.24, 2.45) is 0 Å². The van der Waals surface area contributed by atoms with E-state index in [1.54, 1.807) is 0 Å². The van der Waals surface area contributed by atoms with Gasteiger partial charge < -0.3 is 9.47 Å². The Hall–Kier alpha value is -4.22. The fraction of sp³-hybridized carbons (Fsp3) is 0.125. The summed E-state index contributed by atoms with van der Waals surface area (Å²) in [7, 11) is 0. The number of anilines is 2. The van der Waals surface area contributed by atoms with E-state index in [2.05, 4.69) is 10.6 Å². The molecule has 0 aromatic heterocycles. The number of carbonyl (C=O) groups is 2. The average molecular weight is 390 g/mol. The monoisotopic (exact) mass is 390 g/mol. The predicted octanol–water partition coefficient (Wildman–Crippen LogP) is 3.30. The first-order valence-corrected chi connectivity index (χ1v) is 7.71. The molecular formula is C16H14N4O8. The Morgan fingerprint density at radius 1 is 0.714 bits per heavy atom. The molecule has 0 unspecified atom stereocenters. The van der Waals surface area contributed by atoms with Crippen LogP contribution in [0.4, 0.5) is 32.3 Å². The van der Waals surface area contributed by atoms with Gasteiger partial charge in [-0.25, -0.2) is 9.59 Å². The molecule has 0 aliphatic carbocycles. The molecule has 2 aromatic rings. The molecule has 12 nitrogen and oxygen atoms in total. The van der Waals surface area contributed by atoms with E-state index in [0.29, 0.717) is 11.4 Å². The predicted molar refractivity (Wildman–Crippen MR) is 96.1 cm³/mol. The first kappa shape index (κ1) is 20.1. The van der Waals surface area contributed by atoms with Crippen LogP contribution >= 0.6 is 0 Å². The van der Waals surface area contributed by atoms with E-state index in [1.807, 2.05) is 0 Å². The fourth-order valence-electron chi connectivity index (χ4n) is 1.91. The number of benzene rings is 2. The highest BCUT2D eigenvalue weighted by Crippen LogP contribution is 2.16. The molecule has 2 N–H and O–H groups in total. The van der Waals surface area contributed by atoms with Crippen LogP contribution < -0.4 is 10.6 Å². The number of nitro benzene ring substituents is 2. The SMILES string of the molecule is O=C(Nc1ccc([N+](=O)[O-])cc1)OCCOC(=O)Nc1ccc([N+](=O)[O-])cc1. The standard InChI is InChI=1S/C16H14N4O8/c21-15(17-11-1-5-13(6-2-11)19(23)24)27-9-10-28-16(22)18-12-3-7-14(8-4-12)20(25)26/h1-8H,9-10H2,(H,17,21)(H,18,22). The molecule has 2 rings (SSSR count). The van der Waals surface area contributed by atoms with Crippen molar-refractivity contribution < 1.29 is 28.9 Å². The number of hydrogen-bond donors (Lipinski definition) is 2. The molecule has 0 saturated carbocycles. The van der Waals surface area contributed by atoms with Crippen LogP contribution in [-0.4, -0.2) is 35.2 Å². The zero-order valence-electron chi connectivity index (χ0n) is 14.2. The van der Waals surface area contributed by atoms with E-state index >= 15 is 0 Å². The lowest BCUT2D eigenvalue weighted by molar-refractivity contribution is -0.385. The van der Waals surface area contributed by atoms with Crippen molar-refractivity contribution in [3.63, 3.8) is 0 Å². The zero-order valence-corrected chi connectivity index (χ0v) is 14.2.